The van der Waals surface area contributed by atoms with Gasteiger partial charge in [0.2, 0.25) is 0 Å². The third kappa shape index (κ3) is 4.43. The molecule has 0 amide bonds. The number of rotatable bonds is 7. The van der Waals surface area contributed by atoms with Crippen LogP contribution in [0, 0.1) is 0 Å². The molecule has 0 aliphatic rings. The number of carbonyl (C=O) groups is 1. The average Bonchev–Trinajstić information content (AvgIpc) is 2.68. The van der Waals surface area contributed by atoms with Crippen LogP contribution in [0.1, 0.15) is 10.4 Å². The maximum atomic E-state index is 10.9. The molecule has 0 saturated heterocycles. The Balaban J connectivity index is 1.74. The summed E-state index contributed by atoms with van der Waals surface area (Å²) in [4.78, 5) is 19.3. The van der Waals surface area contributed by atoms with E-state index < -0.39 is 5.97 Å². The van der Waals surface area contributed by atoms with E-state index in [9.17, 15) is 4.79 Å². The summed E-state index contributed by atoms with van der Waals surface area (Å²) in [6, 6.07) is 13.6. The van der Waals surface area contributed by atoms with Crippen LogP contribution in [-0.4, -0.2) is 35.3 Å². The molecule has 3 N–H and O–H groups in total. The van der Waals surface area contributed by atoms with Gasteiger partial charge in [-0.05, 0) is 36.4 Å². The summed E-state index contributed by atoms with van der Waals surface area (Å²) >= 11 is 0. The lowest BCUT2D eigenvalue weighted by atomic mass is 10.2. The van der Waals surface area contributed by atoms with Crippen molar-refractivity contribution in [1.82, 2.24) is 9.97 Å². The highest BCUT2D eigenvalue weighted by Gasteiger charge is 2.07. The van der Waals surface area contributed by atoms with Crippen LogP contribution in [0.25, 0.3) is 0 Å². The number of aromatic carboxylic acids is 1. The fourth-order valence-electron chi connectivity index (χ4n) is 2.40. The van der Waals surface area contributed by atoms with Gasteiger partial charge in [0.15, 0.2) is 11.5 Å². The first-order valence-electron chi connectivity index (χ1n) is 8.00. The number of ether oxygens (including phenoxy) is 2. The number of nitrogens with zero attached hydrogens (tertiary/aromatic N) is 2. The minimum atomic E-state index is -0.968. The SMILES string of the molecule is COc1ccc(Nc2cc(Nc3ccc(C(=O)O)cc3)ncn2)cc1OC. The van der Waals surface area contributed by atoms with Crippen LogP contribution in [0.5, 0.6) is 11.5 Å². The number of hydrogen-bond donors (Lipinski definition) is 3. The lowest BCUT2D eigenvalue weighted by molar-refractivity contribution is 0.0697. The fraction of sp³-hybridized carbons (Fsp3) is 0.105. The van der Waals surface area contributed by atoms with Gasteiger partial charge in [-0.3, -0.25) is 0 Å². The molecule has 0 atom stereocenters. The maximum absolute atomic E-state index is 10.9. The van der Waals surface area contributed by atoms with E-state index in [1.807, 2.05) is 6.07 Å². The summed E-state index contributed by atoms with van der Waals surface area (Å²) in [5.41, 5.74) is 1.72. The Kier molecular flexibility index (Phi) is 5.36. The van der Waals surface area contributed by atoms with Crippen LogP contribution in [0.2, 0.25) is 0 Å². The summed E-state index contributed by atoms with van der Waals surface area (Å²) in [6.07, 6.45) is 1.43. The van der Waals surface area contributed by atoms with Crippen molar-refractivity contribution in [1.29, 1.82) is 0 Å². The van der Waals surface area contributed by atoms with Crippen LogP contribution in [-0.2, 0) is 0 Å². The van der Waals surface area contributed by atoms with E-state index in [4.69, 9.17) is 14.6 Å². The van der Waals surface area contributed by atoms with E-state index >= 15 is 0 Å². The monoisotopic (exact) mass is 366 g/mol. The molecule has 0 radical (unpaired) electrons. The standard InChI is InChI=1S/C19H18N4O4/c1-26-15-8-7-14(9-16(15)27-2)23-18-10-17(20-11-21-18)22-13-5-3-12(4-6-13)19(24)25/h3-11H,1-2H3,(H,24,25)(H2,20,21,22,23). The second-order valence-electron chi connectivity index (χ2n) is 5.49. The molecule has 0 unspecified atom stereocenters. The van der Waals surface area contributed by atoms with Gasteiger partial charge in [0.05, 0.1) is 19.8 Å². The third-order valence-corrected chi connectivity index (χ3v) is 3.73. The van der Waals surface area contributed by atoms with E-state index in [1.54, 1.807) is 44.6 Å². The summed E-state index contributed by atoms with van der Waals surface area (Å²) in [5, 5.41) is 15.2. The molecule has 0 fully saturated rings. The number of nitrogens with one attached hydrogen (secondary N) is 2. The van der Waals surface area contributed by atoms with E-state index in [2.05, 4.69) is 20.6 Å². The number of benzene rings is 2. The summed E-state index contributed by atoms with van der Waals surface area (Å²) in [6.45, 7) is 0. The van der Waals surface area contributed by atoms with Gasteiger partial charge in [-0.1, -0.05) is 0 Å². The normalized spacial score (nSPS) is 10.1. The summed E-state index contributed by atoms with van der Waals surface area (Å²) in [5.74, 6) is 1.43. The molecular formula is C19H18N4O4. The zero-order valence-corrected chi connectivity index (χ0v) is 14.8. The lowest BCUT2D eigenvalue weighted by Gasteiger charge is -2.11. The van der Waals surface area contributed by atoms with E-state index in [0.29, 0.717) is 23.1 Å². The summed E-state index contributed by atoms with van der Waals surface area (Å²) in [7, 11) is 3.15. The molecule has 0 aliphatic heterocycles. The van der Waals surface area contributed by atoms with Crippen molar-refractivity contribution in [3.8, 4) is 11.5 Å². The molecular weight excluding hydrogens is 348 g/mol. The Morgan fingerprint density at radius 2 is 1.44 bits per heavy atom. The van der Waals surface area contributed by atoms with Gasteiger partial charge in [0.1, 0.15) is 18.0 Å². The predicted octanol–water partition coefficient (Wildman–Crippen LogP) is 3.68. The van der Waals surface area contributed by atoms with Gasteiger partial charge in [0, 0.05) is 23.5 Å². The highest BCUT2D eigenvalue weighted by Crippen LogP contribution is 2.31. The molecule has 3 rings (SSSR count). The zero-order valence-electron chi connectivity index (χ0n) is 14.8. The Labute approximate surface area is 155 Å². The van der Waals surface area contributed by atoms with Crippen molar-refractivity contribution in [2.24, 2.45) is 0 Å². The molecule has 27 heavy (non-hydrogen) atoms. The van der Waals surface area contributed by atoms with Crippen LogP contribution in [0.4, 0.5) is 23.0 Å². The van der Waals surface area contributed by atoms with Crippen molar-refractivity contribution in [2.75, 3.05) is 24.9 Å². The zero-order chi connectivity index (χ0) is 19.2. The molecule has 0 bridgehead atoms. The van der Waals surface area contributed by atoms with Gasteiger partial charge in [-0.2, -0.15) is 0 Å². The van der Waals surface area contributed by atoms with Gasteiger partial charge in [-0.25, -0.2) is 14.8 Å². The first-order valence-corrected chi connectivity index (χ1v) is 8.00. The van der Waals surface area contributed by atoms with Crippen LogP contribution in [0.3, 0.4) is 0 Å². The first kappa shape index (κ1) is 18.0. The number of carboxylic acids is 1. The number of carboxylic acid groups (broad SMARTS) is 1. The Morgan fingerprint density at radius 1 is 0.852 bits per heavy atom. The van der Waals surface area contributed by atoms with Crippen LogP contribution in [0.15, 0.2) is 54.9 Å². The van der Waals surface area contributed by atoms with Crippen LogP contribution < -0.4 is 20.1 Å². The Hall–Kier alpha value is -3.81. The Morgan fingerprint density at radius 3 is 2.04 bits per heavy atom. The molecule has 2 aromatic carbocycles. The molecule has 3 aromatic rings. The number of methoxy groups -OCH3 is 2. The van der Waals surface area contributed by atoms with E-state index in [0.717, 1.165) is 11.4 Å². The van der Waals surface area contributed by atoms with Gasteiger partial charge >= 0.3 is 5.97 Å². The highest BCUT2D eigenvalue weighted by atomic mass is 16.5. The van der Waals surface area contributed by atoms with Crippen molar-refractivity contribution in [3.05, 3.63) is 60.4 Å². The molecule has 0 saturated carbocycles. The highest BCUT2D eigenvalue weighted by molar-refractivity contribution is 5.88. The first-order chi connectivity index (χ1) is 13.1. The smallest absolute Gasteiger partial charge is 0.335 e. The van der Waals surface area contributed by atoms with Crippen molar-refractivity contribution in [2.45, 2.75) is 0 Å². The van der Waals surface area contributed by atoms with Crippen molar-refractivity contribution >= 4 is 29.0 Å². The number of anilines is 4. The van der Waals surface area contributed by atoms with Crippen LogP contribution >= 0.6 is 0 Å². The number of aromatic nitrogens is 2. The average molecular weight is 366 g/mol. The molecule has 8 heteroatoms. The minimum Gasteiger partial charge on any atom is -0.493 e. The number of hydrogen-bond acceptors (Lipinski definition) is 7. The molecule has 138 valence electrons. The van der Waals surface area contributed by atoms with E-state index in [-0.39, 0.29) is 5.56 Å². The molecule has 0 spiro atoms. The maximum Gasteiger partial charge on any atom is 0.335 e. The van der Waals surface area contributed by atoms with Gasteiger partial charge < -0.3 is 25.2 Å². The second kappa shape index (κ2) is 8.05. The minimum absolute atomic E-state index is 0.221. The fourth-order valence-corrected chi connectivity index (χ4v) is 2.40. The lowest BCUT2D eigenvalue weighted by Crippen LogP contribution is -2.00. The molecule has 1 heterocycles. The van der Waals surface area contributed by atoms with Crippen molar-refractivity contribution in [3.63, 3.8) is 0 Å². The predicted molar refractivity (Wildman–Crippen MR) is 102 cm³/mol. The summed E-state index contributed by atoms with van der Waals surface area (Å²) < 4.78 is 10.5. The second-order valence-corrected chi connectivity index (χ2v) is 5.49. The third-order valence-electron chi connectivity index (χ3n) is 3.73. The van der Waals surface area contributed by atoms with Crippen molar-refractivity contribution < 1.29 is 19.4 Å². The van der Waals surface area contributed by atoms with Gasteiger partial charge in [-0.15, -0.1) is 0 Å². The topological polar surface area (TPSA) is 106 Å². The Bertz CT molecular complexity index is 945. The van der Waals surface area contributed by atoms with Gasteiger partial charge in [0.25, 0.3) is 0 Å². The molecule has 1 aromatic heterocycles. The van der Waals surface area contributed by atoms with E-state index in [1.165, 1.54) is 18.5 Å². The largest absolute Gasteiger partial charge is 0.493 e. The quantitative estimate of drug-likeness (QED) is 0.581. The molecule has 8 nitrogen and oxygen atoms in total. The molecule has 0 aliphatic carbocycles.